The summed E-state index contributed by atoms with van der Waals surface area (Å²) in [7, 11) is 0. The second-order valence-electron chi connectivity index (χ2n) is 10.2. The van der Waals surface area contributed by atoms with Crippen LogP contribution < -0.4 is 21.9 Å². The lowest BCUT2D eigenvalue weighted by molar-refractivity contribution is -0.0802. The first kappa shape index (κ1) is 30.0. The normalized spacial score (nSPS) is 14.4. The Kier molecular flexibility index (Phi) is 9.27. The van der Waals surface area contributed by atoms with E-state index in [1.165, 1.54) is 4.57 Å². The molecular formula is C25H36N6O8. The van der Waals surface area contributed by atoms with E-state index < -0.39 is 47.9 Å². The number of nitrogens with zero attached hydrogens (tertiary/aromatic N) is 3. The molecule has 1 aromatic rings. The number of aromatic nitrogens is 4. The van der Waals surface area contributed by atoms with Crippen LogP contribution in [-0.4, -0.2) is 89.6 Å². The Morgan fingerprint density at radius 1 is 1.13 bits per heavy atom. The quantitative estimate of drug-likeness (QED) is 0.120. The van der Waals surface area contributed by atoms with Gasteiger partial charge in [-0.15, -0.1) is 0 Å². The fraction of sp³-hybridized carbons (Fsp3) is 0.560. The average molecular weight is 549 g/mol. The summed E-state index contributed by atoms with van der Waals surface area (Å²) in [6, 6.07) is 3.36. The fourth-order valence-electron chi connectivity index (χ4n) is 3.73. The van der Waals surface area contributed by atoms with E-state index in [0.29, 0.717) is 23.3 Å². The summed E-state index contributed by atoms with van der Waals surface area (Å²) >= 11 is 0. The number of nitrogens with one attached hydrogen (secondary N) is 3. The minimum atomic E-state index is -1.72. The number of aliphatic hydroxyl groups is 4. The number of fused-ring (bicyclic) bond motifs is 2. The van der Waals surface area contributed by atoms with Crippen LogP contribution in [-0.2, 0) is 11.3 Å². The predicted molar refractivity (Wildman–Crippen MR) is 143 cm³/mol. The van der Waals surface area contributed by atoms with Gasteiger partial charge < -0.3 is 40.4 Å². The molecule has 39 heavy (non-hydrogen) atoms. The molecule has 2 aliphatic heterocycles. The molecule has 2 aliphatic rings. The molecule has 3 unspecified atom stereocenters. The van der Waals surface area contributed by atoms with Crippen LogP contribution in [0.1, 0.15) is 33.3 Å². The van der Waals surface area contributed by atoms with Crippen LogP contribution in [0, 0.1) is 12.8 Å². The Bertz CT molecular complexity index is 1400. The van der Waals surface area contributed by atoms with Crippen molar-refractivity contribution in [2.24, 2.45) is 5.92 Å². The molecule has 0 saturated heterocycles. The number of carbonyl (C=O) groups excluding carboxylic acids is 1. The van der Waals surface area contributed by atoms with Crippen molar-refractivity contribution in [2.45, 2.75) is 65.1 Å². The van der Waals surface area contributed by atoms with Crippen molar-refractivity contribution in [1.29, 1.82) is 0 Å². The lowest BCUT2D eigenvalue weighted by Gasteiger charge is -2.29. The number of hydrogen-bond acceptors (Lipinski definition) is 11. The third kappa shape index (κ3) is 6.89. The van der Waals surface area contributed by atoms with Crippen LogP contribution in [0.15, 0.2) is 21.7 Å². The van der Waals surface area contributed by atoms with Crippen molar-refractivity contribution in [3.05, 3.63) is 38.5 Å². The predicted octanol–water partition coefficient (Wildman–Crippen LogP) is -0.459. The lowest BCUT2D eigenvalue weighted by Crippen LogP contribution is -2.42. The van der Waals surface area contributed by atoms with Gasteiger partial charge in [0.05, 0.1) is 24.2 Å². The first-order chi connectivity index (χ1) is 18.2. The Morgan fingerprint density at radius 3 is 2.46 bits per heavy atom. The average Bonchev–Trinajstić information content (AvgIpc) is 2.86. The minimum absolute atomic E-state index is 0.132. The summed E-state index contributed by atoms with van der Waals surface area (Å²) in [6.07, 6.45) is -5.47. The van der Waals surface area contributed by atoms with Crippen LogP contribution in [0.25, 0.3) is 22.6 Å². The standard InChI is InChI=1S/C25H36N6O8/c1-12(2)25(4,5)39-24(38)27-7-6-26-14-9-16-15(8-13(14)3)28-19-21(29-23(37)30-22(19)36)31(16)10-17(33)20(35)18(34)11-32/h8-9,12,17-18,20,26,32-35H,6-7,10-11H2,1-5H3,(H,27,38)(H,30,36,37). The van der Waals surface area contributed by atoms with Crippen LogP contribution in [0.4, 0.5) is 10.5 Å². The Balaban J connectivity index is 1.92. The number of aryl methyl sites for hydroxylation is 1. The number of aliphatic hydroxyl groups excluding tert-OH is 4. The number of hydrogen-bond donors (Lipinski definition) is 7. The highest BCUT2D eigenvalue weighted by Crippen LogP contribution is 2.27. The Hall–Kier alpha value is -3.59. The number of rotatable bonds is 11. The van der Waals surface area contributed by atoms with Crippen molar-refractivity contribution in [3.63, 3.8) is 0 Å². The van der Waals surface area contributed by atoms with E-state index in [1.54, 1.807) is 12.1 Å². The molecule has 1 aromatic carbocycles. The van der Waals surface area contributed by atoms with Gasteiger partial charge in [-0.1, -0.05) is 13.8 Å². The third-order valence-corrected chi connectivity index (χ3v) is 6.76. The monoisotopic (exact) mass is 548 g/mol. The maximum absolute atomic E-state index is 12.5. The van der Waals surface area contributed by atoms with E-state index in [2.05, 4.69) is 25.6 Å². The first-order valence-electron chi connectivity index (χ1n) is 12.6. The Morgan fingerprint density at radius 2 is 1.82 bits per heavy atom. The van der Waals surface area contributed by atoms with Gasteiger partial charge in [-0.3, -0.25) is 9.78 Å². The molecule has 0 radical (unpaired) electrons. The van der Waals surface area contributed by atoms with Gasteiger partial charge in [0.15, 0.2) is 11.5 Å². The zero-order valence-corrected chi connectivity index (χ0v) is 22.6. The van der Waals surface area contributed by atoms with Crippen LogP contribution in [0.3, 0.4) is 0 Å². The zero-order chi connectivity index (χ0) is 29.1. The summed E-state index contributed by atoms with van der Waals surface area (Å²) in [6.45, 7) is 8.81. The maximum Gasteiger partial charge on any atom is 0.407 e. The molecule has 214 valence electrons. The topological polar surface area (TPSA) is 212 Å². The van der Waals surface area contributed by atoms with Crippen molar-refractivity contribution < 1.29 is 30.0 Å². The van der Waals surface area contributed by atoms with Crippen LogP contribution >= 0.6 is 0 Å². The maximum atomic E-state index is 12.5. The number of aromatic amines is 1. The molecule has 2 heterocycles. The highest BCUT2D eigenvalue weighted by molar-refractivity contribution is 5.84. The van der Waals surface area contributed by atoms with Gasteiger partial charge in [0.1, 0.15) is 23.9 Å². The summed E-state index contributed by atoms with van der Waals surface area (Å²) in [5.41, 5.74) is -0.373. The van der Waals surface area contributed by atoms with Crippen molar-refractivity contribution >= 4 is 22.8 Å². The van der Waals surface area contributed by atoms with Gasteiger partial charge in [0.25, 0.3) is 5.56 Å². The summed E-state index contributed by atoms with van der Waals surface area (Å²) in [5.74, 6) is 0.000262. The largest absolute Gasteiger partial charge is 0.443 e. The number of amides is 1. The summed E-state index contributed by atoms with van der Waals surface area (Å²) < 4.78 is 6.81. The van der Waals surface area contributed by atoms with Gasteiger partial charge >= 0.3 is 11.8 Å². The third-order valence-electron chi connectivity index (χ3n) is 6.76. The van der Waals surface area contributed by atoms with Crippen LogP contribution in [0.5, 0.6) is 0 Å². The molecule has 14 nitrogen and oxygen atoms in total. The number of ether oxygens (including phenoxy) is 1. The van der Waals surface area contributed by atoms with Crippen LogP contribution in [0.2, 0.25) is 0 Å². The van der Waals surface area contributed by atoms with Gasteiger partial charge in [-0.05, 0) is 44.4 Å². The van der Waals surface area contributed by atoms with Crippen molar-refractivity contribution in [1.82, 2.24) is 24.8 Å². The number of benzene rings is 1. The highest BCUT2D eigenvalue weighted by Gasteiger charge is 2.28. The second-order valence-corrected chi connectivity index (χ2v) is 10.2. The van der Waals surface area contributed by atoms with Gasteiger partial charge in [0.2, 0.25) is 0 Å². The van der Waals surface area contributed by atoms with Gasteiger partial charge in [0, 0.05) is 18.8 Å². The molecule has 0 bridgehead atoms. The van der Waals surface area contributed by atoms with E-state index in [4.69, 9.17) is 9.84 Å². The fourth-order valence-corrected chi connectivity index (χ4v) is 3.73. The number of carbonyl (C=O) groups is 1. The highest BCUT2D eigenvalue weighted by atomic mass is 16.6. The molecule has 0 spiro atoms. The first-order valence-corrected chi connectivity index (χ1v) is 12.6. The van der Waals surface area contributed by atoms with Gasteiger partial charge in [-0.2, -0.15) is 4.98 Å². The molecule has 3 atom stereocenters. The van der Waals surface area contributed by atoms with E-state index in [9.17, 15) is 29.7 Å². The van der Waals surface area contributed by atoms with E-state index >= 15 is 0 Å². The molecule has 0 aliphatic carbocycles. The molecular weight excluding hydrogens is 512 g/mol. The van der Waals surface area contributed by atoms with Crippen molar-refractivity contribution in [3.8, 4) is 11.5 Å². The van der Waals surface area contributed by atoms with E-state index in [-0.39, 0.29) is 30.5 Å². The molecule has 0 fully saturated rings. The Labute approximate surface area is 224 Å². The number of alkyl carbamates (subject to hydrolysis) is 1. The van der Waals surface area contributed by atoms with Gasteiger partial charge in [-0.25, -0.2) is 14.6 Å². The SMILES string of the molecule is Cc1cc2nc3c(=O)[nH]c(=O)nc-3n(CC(O)C(O)C(O)CO)c2cc1NCCNC(=O)OC(C)(C)C(C)C. The number of anilines is 1. The molecule has 1 amide bonds. The second kappa shape index (κ2) is 12.1. The summed E-state index contributed by atoms with van der Waals surface area (Å²) in [5, 5.41) is 45.6. The van der Waals surface area contributed by atoms with E-state index in [1.807, 2.05) is 34.6 Å². The van der Waals surface area contributed by atoms with E-state index in [0.717, 1.165) is 5.56 Å². The number of H-pyrrole nitrogens is 1. The zero-order valence-electron chi connectivity index (χ0n) is 22.6. The molecule has 0 aromatic heterocycles. The lowest BCUT2D eigenvalue weighted by atomic mass is 9.95. The van der Waals surface area contributed by atoms with Crippen molar-refractivity contribution in [2.75, 3.05) is 25.0 Å². The minimum Gasteiger partial charge on any atom is -0.443 e. The summed E-state index contributed by atoms with van der Waals surface area (Å²) in [4.78, 5) is 46.9. The molecule has 14 heteroatoms. The molecule has 3 rings (SSSR count). The molecule has 7 N–H and O–H groups in total. The smallest absolute Gasteiger partial charge is 0.407 e. The molecule has 0 saturated carbocycles.